The zero-order valence-electron chi connectivity index (χ0n) is 21.4. The molecule has 1 aliphatic rings. The minimum absolute atomic E-state index is 0.212. The summed E-state index contributed by atoms with van der Waals surface area (Å²) in [7, 11) is -0.359. The number of benzene rings is 2. The van der Waals surface area contributed by atoms with Gasteiger partial charge in [0.15, 0.2) is 9.84 Å². The monoisotopic (exact) mass is 528 g/mol. The number of sulfone groups is 1. The van der Waals surface area contributed by atoms with Crippen molar-refractivity contribution in [3.05, 3.63) is 70.8 Å². The number of amides is 2. The molecule has 0 saturated carbocycles. The van der Waals surface area contributed by atoms with Crippen molar-refractivity contribution in [3.63, 3.8) is 0 Å². The molecule has 0 bridgehead atoms. The molecule has 37 heavy (non-hydrogen) atoms. The molecular weight excluding hydrogens is 496 g/mol. The molecule has 0 spiro atoms. The molecule has 1 aliphatic heterocycles. The number of ether oxygens (including phenoxy) is 1. The van der Waals surface area contributed by atoms with Crippen molar-refractivity contribution in [2.75, 3.05) is 39.7 Å². The van der Waals surface area contributed by atoms with Gasteiger partial charge in [-0.05, 0) is 42.7 Å². The minimum atomic E-state index is -3.56. The van der Waals surface area contributed by atoms with E-state index in [2.05, 4.69) is 10.3 Å². The van der Waals surface area contributed by atoms with E-state index in [1.54, 1.807) is 51.2 Å². The second-order valence-electron chi connectivity index (χ2n) is 8.74. The summed E-state index contributed by atoms with van der Waals surface area (Å²) < 4.78 is 30.8. The van der Waals surface area contributed by atoms with Crippen LogP contribution in [0.2, 0.25) is 0 Å². The lowest BCUT2D eigenvalue weighted by molar-refractivity contribution is -0.125. The van der Waals surface area contributed by atoms with E-state index in [0.717, 1.165) is 5.56 Å². The fourth-order valence-electron chi connectivity index (χ4n) is 4.15. The lowest BCUT2D eigenvalue weighted by Crippen LogP contribution is -2.33. The summed E-state index contributed by atoms with van der Waals surface area (Å²) in [6.07, 6.45) is 1.95. The highest BCUT2D eigenvalue weighted by atomic mass is 32.2. The molecule has 0 aromatic heterocycles. The van der Waals surface area contributed by atoms with E-state index in [4.69, 9.17) is 4.74 Å². The molecule has 2 aromatic carbocycles. The van der Waals surface area contributed by atoms with Crippen LogP contribution in [0.5, 0.6) is 5.75 Å². The molecule has 1 heterocycles. The number of carboxylic acid groups (broad SMARTS) is 1. The Morgan fingerprint density at radius 2 is 1.84 bits per heavy atom. The fraction of sp³-hybridized carbons (Fsp3) is 0.346. The number of carbonyl (C=O) groups excluding carboxylic acids is 1. The maximum Gasteiger partial charge on any atom is 0.413 e. The van der Waals surface area contributed by atoms with Crippen LogP contribution in [0.15, 0.2) is 58.4 Å². The van der Waals surface area contributed by atoms with Crippen molar-refractivity contribution in [2.24, 2.45) is 4.99 Å². The normalized spacial score (nSPS) is 13.6. The van der Waals surface area contributed by atoms with Gasteiger partial charge in [-0.1, -0.05) is 30.3 Å². The molecule has 0 atom stereocenters. The first-order chi connectivity index (χ1) is 17.5. The summed E-state index contributed by atoms with van der Waals surface area (Å²) in [5.41, 5.74) is 2.82. The van der Waals surface area contributed by atoms with E-state index in [1.807, 2.05) is 12.1 Å². The average molecular weight is 529 g/mol. The fourth-order valence-corrected chi connectivity index (χ4v) is 5.78. The molecule has 198 valence electrons. The molecule has 3 rings (SSSR count). The number of aryl methyl sites for hydroxylation is 2. The Hall–Kier alpha value is -3.70. The molecule has 0 aliphatic carbocycles. The Morgan fingerprint density at radius 1 is 1.19 bits per heavy atom. The smallest absolute Gasteiger partial charge is 0.413 e. The highest BCUT2D eigenvalue weighted by Gasteiger charge is 2.24. The molecule has 2 amide bonds. The Kier molecular flexibility index (Phi) is 9.06. The Bertz CT molecular complexity index is 1300. The molecular formula is C26H32N4O6S. The number of methoxy groups -OCH3 is 1. The maximum atomic E-state index is 12.8. The van der Waals surface area contributed by atoms with Gasteiger partial charge in [-0.3, -0.25) is 20.0 Å². The number of nitrogens with zero attached hydrogens (tertiary/aromatic N) is 3. The second kappa shape index (κ2) is 12.0. The van der Waals surface area contributed by atoms with Crippen LogP contribution in [0.3, 0.4) is 0 Å². The second-order valence-corrected chi connectivity index (χ2v) is 10.7. The van der Waals surface area contributed by atoms with Gasteiger partial charge in [0.1, 0.15) is 17.5 Å². The summed E-state index contributed by atoms with van der Waals surface area (Å²) in [6, 6.07) is 10.6. The third-order valence-corrected chi connectivity index (χ3v) is 7.73. The highest BCUT2D eigenvalue weighted by molar-refractivity contribution is 7.91. The van der Waals surface area contributed by atoms with E-state index < -0.39 is 15.9 Å². The predicted molar refractivity (Wildman–Crippen MR) is 141 cm³/mol. The summed E-state index contributed by atoms with van der Waals surface area (Å²) in [6.45, 7) is 4.82. The molecule has 2 aromatic rings. The average Bonchev–Trinajstić information content (AvgIpc) is 3.34. The number of likely N-dealkylation sites (N-methyl/N-ethyl adjacent to an activating group) is 1. The molecule has 0 saturated heterocycles. The quantitative estimate of drug-likeness (QED) is 0.358. The van der Waals surface area contributed by atoms with Crippen LogP contribution in [0.25, 0.3) is 0 Å². The summed E-state index contributed by atoms with van der Waals surface area (Å²) in [5, 5.41) is 12.1. The standard InChI is InChI=1S/C26H32N4O6S/c1-18-14-22(36-4)15-19(2)24(18)37(34,35)17-27-11-5-6-23(31)29(3)16-20-7-9-21(10-8-20)25-28-12-13-30(25)26(32)33/h5-10,14-15,27H,11-13,16-17H2,1-4H3,(H,32,33). The van der Waals surface area contributed by atoms with Gasteiger partial charge in [0.25, 0.3) is 0 Å². The van der Waals surface area contributed by atoms with E-state index in [1.165, 1.54) is 23.0 Å². The van der Waals surface area contributed by atoms with Crippen LogP contribution < -0.4 is 10.1 Å². The molecule has 2 N–H and O–H groups in total. The molecule has 0 radical (unpaired) electrons. The number of aliphatic imine (C=N–C) groups is 1. The SMILES string of the molecule is COc1cc(C)c(S(=O)(=O)CNCC=CC(=O)N(C)Cc2ccc(C3=NCCN3C(=O)O)cc2)c(C)c1. The van der Waals surface area contributed by atoms with Gasteiger partial charge in [0, 0.05) is 31.8 Å². The van der Waals surface area contributed by atoms with Crippen LogP contribution in [-0.2, 0) is 21.2 Å². The van der Waals surface area contributed by atoms with Gasteiger partial charge in [0.2, 0.25) is 5.91 Å². The number of rotatable bonds is 10. The number of nitrogens with one attached hydrogen (secondary N) is 1. The van der Waals surface area contributed by atoms with Crippen LogP contribution in [0.4, 0.5) is 4.79 Å². The van der Waals surface area contributed by atoms with Gasteiger partial charge >= 0.3 is 6.09 Å². The van der Waals surface area contributed by atoms with Gasteiger partial charge in [-0.25, -0.2) is 13.2 Å². The summed E-state index contributed by atoms with van der Waals surface area (Å²) in [5.74, 6) is 0.550. The first-order valence-corrected chi connectivity index (χ1v) is 13.3. The molecule has 0 fully saturated rings. The van der Waals surface area contributed by atoms with Crippen LogP contribution in [0, 0.1) is 13.8 Å². The summed E-state index contributed by atoms with van der Waals surface area (Å²) >= 11 is 0. The zero-order chi connectivity index (χ0) is 27.2. The van der Waals surface area contributed by atoms with Crippen LogP contribution in [-0.4, -0.2) is 80.8 Å². The zero-order valence-corrected chi connectivity index (χ0v) is 22.2. The first kappa shape index (κ1) is 27.9. The van der Waals surface area contributed by atoms with E-state index >= 15 is 0 Å². The van der Waals surface area contributed by atoms with Crippen molar-refractivity contribution in [2.45, 2.75) is 25.3 Å². The Morgan fingerprint density at radius 3 is 2.43 bits per heavy atom. The largest absolute Gasteiger partial charge is 0.497 e. The highest BCUT2D eigenvalue weighted by Crippen LogP contribution is 2.26. The van der Waals surface area contributed by atoms with E-state index in [-0.39, 0.29) is 23.2 Å². The molecule has 11 heteroatoms. The van der Waals surface area contributed by atoms with Crippen molar-refractivity contribution in [1.29, 1.82) is 0 Å². The van der Waals surface area contributed by atoms with E-state index in [9.17, 15) is 23.1 Å². The Balaban J connectivity index is 1.50. The number of hydrogen-bond donors (Lipinski definition) is 2. The minimum Gasteiger partial charge on any atom is -0.497 e. The lowest BCUT2D eigenvalue weighted by atomic mass is 10.1. The maximum absolute atomic E-state index is 12.8. The van der Waals surface area contributed by atoms with Crippen molar-refractivity contribution >= 4 is 27.7 Å². The first-order valence-electron chi connectivity index (χ1n) is 11.7. The van der Waals surface area contributed by atoms with Gasteiger partial charge in [-0.15, -0.1) is 0 Å². The topological polar surface area (TPSA) is 129 Å². The Labute approximate surface area is 217 Å². The molecule has 10 nitrogen and oxygen atoms in total. The van der Waals surface area contributed by atoms with Gasteiger partial charge < -0.3 is 14.7 Å². The van der Waals surface area contributed by atoms with Crippen molar-refractivity contribution < 1.29 is 27.9 Å². The lowest BCUT2D eigenvalue weighted by Gasteiger charge is -2.17. The van der Waals surface area contributed by atoms with Crippen LogP contribution >= 0.6 is 0 Å². The van der Waals surface area contributed by atoms with Crippen LogP contribution in [0.1, 0.15) is 22.3 Å². The van der Waals surface area contributed by atoms with Gasteiger partial charge in [-0.2, -0.15) is 0 Å². The number of amidine groups is 1. The number of hydrogen-bond acceptors (Lipinski definition) is 7. The summed E-state index contributed by atoms with van der Waals surface area (Å²) in [4.78, 5) is 31.1. The van der Waals surface area contributed by atoms with E-state index in [0.29, 0.717) is 47.9 Å². The third-order valence-electron chi connectivity index (χ3n) is 5.88. The predicted octanol–water partition coefficient (Wildman–Crippen LogP) is 2.59. The van der Waals surface area contributed by atoms with Crippen molar-refractivity contribution in [3.8, 4) is 5.75 Å². The third kappa shape index (κ3) is 6.95. The number of carbonyl (C=O) groups is 2. The van der Waals surface area contributed by atoms with Crippen molar-refractivity contribution in [1.82, 2.24) is 15.1 Å². The van der Waals surface area contributed by atoms with Gasteiger partial charge in [0.05, 0.1) is 25.1 Å². The molecule has 0 unspecified atom stereocenters.